The first-order valence-electron chi connectivity index (χ1n) is 4.29. The molecule has 0 spiro atoms. The molecule has 66 valence electrons. The van der Waals surface area contributed by atoms with E-state index in [-0.39, 0.29) is 5.60 Å². The predicted molar refractivity (Wildman–Crippen MR) is 44.6 cm³/mol. The molecule has 1 fully saturated rings. The van der Waals surface area contributed by atoms with Crippen LogP contribution >= 0.6 is 0 Å². The van der Waals surface area contributed by atoms with Gasteiger partial charge in [-0.25, -0.2) is 0 Å². The number of hydrogen-bond acceptors (Lipinski definition) is 2. The lowest BCUT2D eigenvalue weighted by Crippen LogP contribution is -2.23. The monoisotopic (exact) mass is 158 g/mol. The Hall–Kier alpha value is -0.0800. The van der Waals surface area contributed by atoms with Crippen LogP contribution in [0.15, 0.2) is 0 Å². The van der Waals surface area contributed by atoms with Crippen LogP contribution in [0.5, 0.6) is 0 Å². The molecule has 0 amide bonds. The van der Waals surface area contributed by atoms with E-state index < -0.39 is 0 Å². The third-order valence-corrected chi connectivity index (χ3v) is 1.78. The SMILES string of the molecule is CC(C)(C)OCC1CCOC1. The molecule has 1 aliphatic rings. The number of ether oxygens (including phenoxy) is 2. The van der Waals surface area contributed by atoms with E-state index >= 15 is 0 Å². The fourth-order valence-corrected chi connectivity index (χ4v) is 1.08. The van der Waals surface area contributed by atoms with Gasteiger partial charge in [0, 0.05) is 12.5 Å². The smallest absolute Gasteiger partial charge is 0.0598 e. The van der Waals surface area contributed by atoms with Crippen molar-refractivity contribution in [3.8, 4) is 0 Å². The maximum atomic E-state index is 5.63. The van der Waals surface area contributed by atoms with Gasteiger partial charge in [-0.3, -0.25) is 0 Å². The summed E-state index contributed by atoms with van der Waals surface area (Å²) in [4.78, 5) is 0. The second kappa shape index (κ2) is 3.55. The molecule has 0 aliphatic carbocycles. The summed E-state index contributed by atoms with van der Waals surface area (Å²) in [5, 5.41) is 0. The van der Waals surface area contributed by atoms with E-state index in [1.165, 1.54) is 0 Å². The Morgan fingerprint density at radius 3 is 2.64 bits per heavy atom. The quantitative estimate of drug-likeness (QED) is 0.610. The molecule has 1 rings (SSSR count). The fourth-order valence-electron chi connectivity index (χ4n) is 1.08. The highest BCUT2D eigenvalue weighted by Crippen LogP contribution is 2.16. The van der Waals surface area contributed by atoms with Crippen LogP contribution in [-0.2, 0) is 9.47 Å². The normalized spacial score (nSPS) is 25.9. The predicted octanol–water partition coefficient (Wildman–Crippen LogP) is 1.84. The maximum Gasteiger partial charge on any atom is 0.0598 e. The van der Waals surface area contributed by atoms with Gasteiger partial charge < -0.3 is 9.47 Å². The van der Waals surface area contributed by atoms with E-state index in [9.17, 15) is 0 Å². The molecule has 0 aromatic heterocycles. The van der Waals surface area contributed by atoms with Gasteiger partial charge in [-0.2, -0.15) is 0 Å². The Balaban J connectivity index is 2.11. The standard InChI is InChI=1S/C9H18O2/c1-9(2,3)11-7-8-4-5-10-6-8/h8H,4-7H2,1-3H3. The molecule has 0 radical (unpaired) electrons. The first kappa shape index (κ1) is 9.01. The van der Waals surface area contributed by atoms with Crippen LogP contribution in [-0.4, -0.2) is 25.4 Å². The van der Waals surface area contributed by atoms with E-state index in [4.69, 9.17) is 9.47 Å². The van der Waals surface area contributed by atoms with E-state index in [1.807, 2.05) is 0 Å². The Kier molecular flexibility index (Phi) is 2.90. The van der Waals surface area contributed by atoms with E-state index in [1.54, 1.807) is 0 Å². The lowest BCUT2D eigenvalue weighted by atomic mass is 10.1. The summed E-state index contributed by atoms with van der Waals surface area (Å²) in [6.45, 7) is 8.91. The van der Waals surface area contributed by atoms with Gasteiger partial charge >= 0.3 is 0 Å². The van der Waals surface area contributed by atoms with Gasteiger partial charge in [0.15, 0.2) is 0 Å². The summed E-state index contributed by atoms with van der Waals surface area (Å²) in [5.74, 6) is 0.634. The Labute approximate surface area is 68.9 Å². The summed E-state index contributed by atoms with van der Waals surface area (Å²) >= 11 is 0. The number of hydrogen-bond donors (Lipinski definition) is 0. The molecule has 0 N–H and O–H groups in total. The van der Waals surface area contributed by atoms with Crippen molar-refractivity contribution in [3.05, 3.63) is 0 Å². The summed E-state index contributed by atoms with van der Waals surface area (Å²) in [6, 6.07) is 0. The van der Waals surface area contributed by atoms with Crippen LogP contribution in [0.2, 0.25) is 0 Å². The van der Waals surface area contributed by atoms with Crippen molar-refractivity contribution in [1.82, 2.24) is 0 Å². The van der Waals surface area contributed by atoms with Crippen molar-refractivity contribution in [2.24, 2.45) is 5.92 Å². The molecule has 2 nitrogen and oxygen atoms in total. The van der Waals surface area contributed by atoms with Crippen LogP contribution in [0.1, 0.15) is 27.2 Å². The zero-order valence-corrected chi connectivity index (χ0v) is 7.72. The molecule has 1 heterocycles. The van der Waals surface area contributed by atoms with Crippen molar-refractivity contribution < 1.29 is 9.47 Å². The summed E-state index contributed by atoms with van der Waals surface area (Å²) in [6.07, 6.45) is 1.16. The molecule has 11 heavy (non-hydrogen) atoms. The van der Waals surface area contributed by atoms with Crippen molar-refractivity contribution >= 4 is 0 Å². The number of rotatable bonds is 2. The second-order valence-electron chi connectivity index (χ2n) is 4.15. The highest BCUT2D eigenvalue weighted by molar-refractivity contribution is 4.66. The molecule has 1 aliphatic heterocycles. The first-order chi connectivity index (χ1) is 5.08. The second-order valence-corrected chi connectivity index (χ2v) is 4.15. The zero-order valence-electron chi connectivity index (χ0n) is 7.72. The average molecular weight is 158 g/mol. The van der Waals surface area contributed by atoms with Crippen LogP contribution in [0.3, 0.4) is 0 Å². The van der Waals surface area contributed by atoms with E-state index in [2.05, 4.69) is 20.8 Å². The molecule has 0 saturated carbocycles. The van der Waals surface area contributed by atoms with Gasteiger partial charge in [0.2, 0.25) is 0 Å². The summed E-state index contributed by atoms with van der Waals surface area (Å²) < 4.78 is 10.9. The third-order valence-electron chi connectivity index (χ3n) is 1.78. The van der Waals surface area contributed by atoms with Crippen molar-refractivity contribution in [2.45, 2.75) is 32.8 Å². The topological polar surface area (TPSA) is 18.5 Å². The van der Waals surface area contributed by atoms with E-state index in [0.717, 1.165) is 26.2 Å². The van der Waals surface area contributed by atoms with Crippen LogP contribution in [0.4, 0.5) is 0 Å². The minimum atomic E-state index is 0.00257. The lowest BCUT2D eigenvalue weighted by molar-refractivity contribution is -0.0231. The Morgan fingerprint density at radius 1 is 1.45 bits per heavy atom. The molecule has 1 saturated heterocycles. The van der Waals surface area contributed by atoms with Gasteiger partial charge in [-0.05, 0) is 27.2 Å². The molecule has 1 unspecified atom stereocenters. The molecule has 1 atom stereocenters. The maximum absolute atomic E-state index is 5.63. The van der Waals surface area contributed by atoms with Gasteiger partial charge in [-0.15, -0.1) is 0 Å². The van der Waals surface area contributed by atoms with Gasteiger partial charge in [0.05, 0.1) is 18.8 Å². The Bertz CT molecular complexity index is 109. The summed E-state index contributed by atoms with van der Waals surface area (Å²) in [7, 11) is 0. The van der Waals surface area contributed by atoms with Crippen LogP contribution in [0.25, 0.3) is 0 Å². The van der Waals surface area contributed by atoms with Gasteiger partial charge in [0.1, 0.15) is 0 Å². The van der Waals surface area contributed by atoms with Gasteiger partial charge in [-0.1, -0.05) is 0 Å². The van der Waals surface area contributed by atoms with Crippen molar-refractivity contribution in [1.29, 1.82) is 0 Å². The lowest BCUT2D eigenvalue weighted by Gasteiger charge is -2.21. The fraction of sp³-hybridized carbons (Fsp3) is 1.00. The highest BCUT2D eigenvalue weighted by atomic mass is 16.5. The largest absolute Gasteiger partial charge is 0.381 e. The molecule has 0 bridgehead atoms. The molecular formula is C9H18O2. The van der Waals surface area contributed by atoms with E-state index in [0.29, 0.717) is 5.92 Å². The Morgan fingerprint density at radius 2 is 2.18 bits per heavy atom. The van der Waals surface area contributed by atoms with Crippen molar-refractivity contribution in [3.63, 3.8) is 0 Å². The molecule has 0 aromatic carbocycles. The summed E-state index contributed by atoms with van der Waals surface area (Å²) in [5.41, 5.74) is 0.00257. The zero-order chi connectivity index (χ0) is 8.32. The molecular weight excluding hydrogens is 140 g/mol. The highest BCUT2D eigenvalue weighted by Gasteiger charge is 2.19. The third kappa shape index (κ3) is 3.73. The van der Waals surface area contributed by atoms with Gasteiger partial charge in [0.25, 0.3) is 0 Å². The van der Waals surface area contributed by atoms with Crippen LogP contribution < -0.4 is 0 Å². The molecule has 2 heteroatoms. The molecule has 0 aromatic rings. The average Bonchev–Trinajstić information content (AvgIpc) is 2.32. The van der Waals surface area contributed by atoms with Crippen molar-refractivity contribution in [2.75, 3.05) is 19.8 Å². The first-order valence-corrected chi connectivity index (χ1v) is 4.29. The minimum absolute atomic E-state index is 0.00257. The minimum Gasteiger partial charge on any atom is -0.381 e. The van der Waals surface area contributed by atoms with Crippen LogP contribution in [0, 0.1) is 5.92 Å².